The van der Waals surface area contributed by atoms with E-state index in [1.54, 1.807) is 13.8 Å². The summed E-state index contributed by atoms with van der Waals surface area (Å²) in [6, 6.07) is 0. The van der Waals surface area contributed by atoms with Crippen LogP contribution in [0.2, 0.25) is 0 Å². The van der Waals surface area contributed by atoms with E-state index in [1.165, 1.54) is 0 Å². The van der Waals surface area contributed by atoms with Gasteiger partial charge in [-0.2, -0.15) is 0 Å². The molecule has 0 spiro atoms. The van der Waals surface area contributed by atoms with Crippen LogP contribution >= 0.6 is 0 Å². The monoisotopic (exact) mass is 204 g/mol. The second-order valence-electron chi connectivity index (χ2n) is 4.63. The van der Waals surface area contributed by atoms with Gasteiger partial charge in [0.1, 0.15) is 11.4 Å². The molecule has 0 fully saturated rings. The Bertz CT molecular complexity index is 129. The summed E-state index contributed by atoms with van der Waals surface area (Å²) >= 11 is 0. The molecule has 0 saturated heterocycles. The molecule has 0 radical (unpaired) electrons. The third-order valence-electron chi connectivity index (χ3n) is 2.12. The summed E-state index contributed by atoms with van der Waals surface area (Å²) in [6.07, 6.45) is 5.09. The third kappa shape index (κ3) is 11.8. The fourth-order valence-corrected chi connectivity index (χ4v) is 1.32. The Hall–Kier alpha value is -0.160. The van der Waals surface area contributed by atoms with Crippen molar-refractivity contribution in [1.29, 1.82) is 0 Å². The van der Waals surface area contributed by atoms with Crippen LogP contribution in [0.25, 0.3) is 0 Å². The van der Waals surface area contributed by atoms with E-state index >= 15 is 0 Å². The Kier molecular flexibility index (Phi) is 5.59. The highest BCUT2D eigenvalue weighted by Crippen LogP contribution is 2.13. The van der Waals surface area contributed by atoms with Crippen LogP contribution < -0.4 is 11.5 Å². The third-order valence-corrected chi connectivity index (χ3v) is 2.12. The van der Waals surface area contributed by atoms with Crippen LogP contribution in [0.1, 0.15) is 52.4 Å². The average molecular weight is 204 g/mol. The first-order chi connectivity index (χ1) is 6.21. The maximum atomic E-state index is 9.22. The number of unbranched alkanes of at least 4 members (excludes halogenated alkanes) is 3. The van der Waals surface area contributed by atoms with Gasteiger partial charge in [-0.3, -0.25) is 0 Å². The molecule has 0 amide bonds. The lowest BCUT2D eigenvalue weighted by atomic mass is 10.0. The Morgan fingerprint density at radius 1 is 0.786 bits per heavy atom. The Balaban J connectivity index is 3.23. The molecular weight excluding hydrogens is 180 g/mol. The summed E-state index contributed by atoms with van der Waals surface area (Å²) in [5.74, 6) is 0. The van der Waals surface area contributed by atoms with Crippen molar-refractivity contribution in [3.63, 3.8) is 0 Å². The molecule has 0 aromatic carbocycles. The van der Waals surface area contributed by atoms with Crippen LogP contribution in [0.5, 0.6) is 0 Å². The van der Waals surface area contributed by atoms with Crippen molar-refractivity contribution in [3.8, 4) is 0 Å². The smallest absolute Gasteiger partial charge is 0.110 e. The van der Waals surface area contributed by atoms with Gasteiger partial charge in [0.2, 0.25) is 0 Å². The van der Waals surface area contributed by atoms with Crippen LogP contribution in [0, 0.1) is 0 Å². The molecule has 86 valence electrons. The zero-order chi connectivity index (χ0) is 11.2. The van der Waals surface area contributed by atoms with Crippen LogP contribution in [-0.2, 0) is 0 Å². The van der Waals surface area contributed by atoms with Crippen molar-refractivity contribution in [2.45, 2.75) is 63.8 Å². The predicted octanol–water partition coefficient (Wildman–Crippen LogP) is 0.661. The summed E-state index contributed by atoms with van der Waals surface area (Å²) in [5, 5.41) is 18.4. The van der Waals surface area contributed by atoms with E-state index in [1.807, 2.05) is 0 Å². The fourth-order valence-electron chi connectivity index (χ4n) is 1.32. The summed E-state index contributed by atoms with van der Waals surface area (Å²) in [7, 11) is 0. The van der Waals surface area contributed by atoms with Gasteiger partial charge in [-0.05, 0) is 39.5 Å². The summed E-state index contributed by atoms with van der Waals surface area (Å²) in [5.41, 5.74) is 8.75. The maximum absolute atomic E-state index is 9.22. The number of rotatable bonds is 7. The van der Waals surface area contributed by atoms with Crippen LogP contribution in [0.15, 0.2) is 0 Å². The lowest BCUT2D eigenvalue weighted by molar-refractivity contribution is 0.0503. The molecule has 0 aromatic heterocycles. The zero-order valence-electron chi connectivity index (χ0n) is 9.29. The van der Waals surface area contributed by atoms with Crippen LogP contribution in [-0.4, -0.2) is 21.7 Å². The van der Waals surface area contributed by atoms with Crippen LogP contribution in [0.3, 0.4) is 0 Å². The lowest BCUT2D eigenvalue weighted by Gasteiger charge is -2.18. The Labute approximate surface area is 86.3 Å². The molecule has 6 N–H and O–H groups in total. The normalized spacial score (nSPS) is 20.1. The van der Waals surface area contributed by atoms with Gasteiger partial charge in [-0.1, -0.05) is 12.8 Å². The van der Waals surface area contributed by atoms with E-state index in [0.717, 1.165) is 25.7 Å². The highest BCUT2D eigenvalue weighted by Gasteiger charge is 2.13. The summed E-state index contributed by atoms with van der Waals surface area (Å²) < 4.78 is 0. The minimum Gasteiger partial charge on any atom is -0.376 e. The molecule has 0 bridgehead atoms. The zero-order valence-corrected chi connectivity index (χ0v) is 9.29. The number of aliphatic hydroxyl groups is 2. The molecule has 4 nitrogen and oxygen atoms in total. The van der Waals surface area contributed by atoms with E-state index in [4.69, 9.17) is 11.5 Å². The molecule has 14 heavy (non-hydrogen) atoms. The van der Waals surface area contributed by atoms with E-state index in [9.17, 15) is 10.2 Å². The molecule has 0 aliphatic heterocycles. The minimum atomic E-state index is -1.04. The highest BCUT2D eigenvalue weighted by molar-refractivity contribution is 4.64. The van der Waals surface area contributed by atoms with E-state index in [0.29, 0.717) is 12.8 Å². The first-order valence-corrected chi connectivity index (χ1v) is 5.23. The van der Waals surface area contributed by atoms with Gasteiger partial charge in [0, 0.05) is 0 Å². The van der Waals surface area contributed by atoms with Gasteiger partial charge in [0.05, 0.1) is 0 Å². The van der Waals surface area contributed by atoms with Crippen molar-refractivity contribution >= 4 is 0 Å². The molecule has 0 aromatic rings. The summed E-state index contributed by atoms with van der Waals surface area (Å²) in [6.45, 7) is 3.22. The Morgan fingerprint density at radius 2 is 1.07 bits per heavy atom. The van der Waals surface area contributed by atoms with E-state index in [-0.39, 0.29) is 0 Å². The van der Waals surface area contributed by atoms with Gasteiger partial charge in [-0.25, -0.2) is 0 Å². The van der Waals surface area contributed by atoms with Gasteiger partial charge in [-0.15, -0.1) is 0 Å². The topological polar surface area (TPSA) is 92.5 Å². The largest absolute Gasteiger partial charge is 0.376 e. The highest BCUT2D eigenvalue weighted by atomic mass is 16.3. The summed E-state index contributed by atoms with van der Waals surface area (Å²) in [4.78, 5) is 0. The molecule has 0 saturated carbocycles. The maximum Gasteiger partial charge on any atom is 0.110 e. The lowest BCUT2D eigenvalue weighted by Crippen LogP contribution is -2.35. The standard InChI is InChI=1S/C10H24N2O2/c1-9(11,13)7-5-3-4-6-8-10(2,12)14/h13-14H,3-8,11-12H2,1-2H3. The van der Waals surface area contributed by atoms with Crippen molar-refractivity contribution in [3.05, 3.63) is 0 Å². The van der Waals surface area contributed by atoms with Gasteiger partial charge in [0.15, 0.2) is 0 Å². The Morgan fingerprint density at radius 3 is 1.29 bits per heavy atom. The molecule has 2 atom stereocenters. The van der Waals surface area contributed by atoms with Crippen LogP contribution in [0.4, 0.5) is 0 Å². The SMILES string of the molecule is CC(N)(O)CCCCCCC(C)(N)O. The van der Waals surface area contributed by atoms with Gasteiger partial charge >= 0.3 is 0 Å². The fraction of sp³-hybridized carbons (Fsp3) is 1.00. The molecular formula is C10H24N2O2. The molecule has 2 unspecified atom stereocenters. The van der Waals surface area contributed by atoms with Gasteiger partial charge in [0.25, 0.3) is 0 Å². The van der Waals surface area contributed by atoms with Crippen molar-refractivity contribution < 1.29 is 10.2 Å². The van der Waals surface area contributed by atoms with Gasteiger partial charge < -0.3 is 21.7 Å². The second kappa shape index (κ2) is 5.66. The predicted molar refractivity (Wildman–Crippen MR) is 57.3 cm³/mol. The average Bonchev–Trinajstić information content (AvgIpc) is 1.92. The molecule has 0 aliphatic rings. The number of hydrogen-bond acceptors (Lipinski definition) is 4. The molecule has 0 aliphatic carbocycles. The number of nitrogens with two attached hydrogens (primary N) is 2. The molecule has 4 heteroatoms. The first-order valence-electron chi connectivity index (χ1n) is 5.23. The minimum absolute atomic E-state index is 0.617. The quantitative estimate of drug-likeness (QED) is 0.362. The first kappa shape index (κ1) is 13.8. The number of hydrogen-bond donors (Lipinski definition) is 4. The molecule has 0 rings (SSSR count). The van der Waals surface area contributed by atoms with Crippen molar-refractivity contribution in [1.82, 2.24) is 0 Å². The second-order valence-corrected chi connectivity index (χ2v) is 4.63. The van der Waals surface area contributed by atoms with E-state index in [2.05, 4.69) is 0 Å². The van der Waals surface area contributed by atoms with E-state index < -0.39 is 11.4 Å². The van der Waals surface area contributed by atoms with Crippen molar-refractivity contribution in [2.75, 3.05) is 0 Å². The van der Waals surface area contributed by atoms with Crippen molar-refractivity contribution in [2.24, 2.45) is 11.5 Å². The molecule has 0 heterocycles.